The number of ether oxygens (including phenoxy) is 2. The summed E-state index contributed by atoms with van der Waals surface area (Å²) in [6, 6.07) is -0.640. The minimum Gasteiger partial charge on any atom is -0.467 e. The van der Waals surface area contributed by atoms with Crippen LogP contribution in [0, 0.1) is 5.92 Å². The molecule has 6 heteroatoms. The fraction of sp³-hybridized carbons (Fsp3) is 0.800. The Kier molecular flexibility index (Phi) is 7.49. The third-order valence-electron chi connectivity index (χ3n) is 1.93. The van der Waals surface area contributed by atoms with Crippen LogP contribution in [0.2, 0.25) is 0 Å². The van der Waals surface area contributed by atoms with Gasteiger partial charge in [0.05, 0.1) is 13.7 Å². The number of hydrogen-bond acceptors (Lipinski definition) is 5. The van der Waals surface area contributed by atoms with Gasteiger partial charge in [0.2, 0.25) is 5.91 Å². The molecule has 0 aromatic carbocycles. The quantitative estimate of drug-likeness (QED) is 0.446. The molecule has 1 atom stereocenters. The predicted molar refractivity (Wildman–Crippen MR) is 58.7 cm³/mol. The average Bonchev–Trinajstić information content (AvgIpc) is 2.25. The molecule has 0 aliphatic heterocycles. The van der Waals surface area contributed by atoms with E-state index in [1.807, 2.05) is 13.8 Å². The number of carbonyl (C=O) groups excluding carboxylic acids is 2. The number of esters is 1. The second kappa shape index (κ2) is 8.06. The lowest BCUT2D eigenvalue weighted by molar-refractivity contribution is -0.147. The first kappa shape index (κ1) is 14.9. The van der Waals surface area contributed by atoms with Gasteiger partial charge in [0, 0.05) is 6.54 Å². The summed E-state index contributed by atoms with van der Waals surface area (Å²) in [4.78, 5) is 22.7. The largest absolute Gasteiger partial charge is 0.467 e. The third kappa shape index (κ3) is 5.67. The van der Waals surface area contributed by atoms with Crippen molar-refractivity contribution in [3.63, 3.8) is 0 Å². The highest BCUT2D eigenvalue weighted by Crippen LogP contribution is 2.03. The van der Waals surface area contributed by atoms with E-state index < -0.39 is 12.0 Å². The fourth-order valence-electron chi connectivity index (χ4n) is 1.09. The minimum absolute atomic E-state index is 0.0362. The topological polar surface area (TPSA) is 90.6 Å². The van der Waals surface area contributed by atoms with Crippen molar-refractivity contribution in [3.8, 4) is 0 Å². The van der Waals surface area contributed by atoms with Gasteiger partial charge < -0.3 is 20.5 Å². The first-order chi connectivity index (χ1) is 7.52. The van der Waals surface area contributed by atoms with Crippen molar-refractivity contribution in [1.29, 1.82) is 0 Å². The Morgan fingerprint density at radius 1 is 1.38 bits per heavy atom. The van der Waals surface area contributed by atoms with Gasteiger partial charge in [0.15, 0.2) is 0 Å². The van der Waals surface area contributed by atoms with Gasteiger partial charge in [0.25, 0.3) is 0 Å². The molecule has 6 nitrogen and oxygen atoms in total. The van der Waals surface area contributed by atoms with Gasteiger partial charge in [0.1, 0.15) is 12.6 Å². The van der Waals surface area contributed by atoms with Crippen LogP contribution in [0.15, 0.2) is 0 Å². The average molecular weight is 232 g/mol. The smallest absolute Gasteiger partial charge is 0.328 e. The first-order valence-electron chi connectivity index (χ1n) is 5.18. The summed E-state index contributed by atoms with van der Waals surface area (Å²) < 4.78 is 9.54. The second-order valence-electron chi connectivity index (χ2n) is 3.65. The van der Waals surface area contributed by atoms with Crippen molar-refractivity contribution in [2.24, 2.45) is 11.7 Å². The first-order valence-corrected chi connectivity index (χ1v) is 5.18. The number of methoxy groups -OCH3 is 1. The van der Waals surface area contributed by atoms with Crippen LogP contribution in [0.3, 0.4) is 0 Å². The molecule has 0 heterocycles. The molecule has 16 heavy (non-hydrogen) atoms. The van der Waals surface area contributed by atoms with Crippen molar-refractivity contribution in [1.82, 2.24) is 5.32 Å². The zero-order valence-electron chi connectivity index (χ0n) is 9.99. The normalized spacial score (nSPS) is 12.3. The number of rotatable bonds is 7. The van der Waals surface area contributed by atoms with E-state index in [2.05, 4.69) is 10.1 Å². The van der Waals surface area contributed by atoms with Gasteiger partial charge in [-0.3, -0.25) is 4.79 Å². The van der Waals surface area contributed by atoms with Crippen molar-refractivity contribution < 1.29 is 19.1 Å². The van der Waals surface area contributed by atoms with Crippen LogP contribution in [0.25, 0.3) is 0 Å². The highest BCUT2D eigenvalue weighted by Gasteiger charge is 2.24. The van der Waals surface area contributed by atoms with Crippen LogP contribution in [0.4, 0.5) is 0 Å². The van der Waals surface area contributed by atoms with E-state index in [-0.39, 0.29) is 18.4 Å². The maximum absolute atomic E-state index is 11.4. The number of hydrogen-bond donors (Lipinski definition) is 2. The lowest BCUT2D eigenvalue weighted by Gasteiger charge is -2.19. The lowest BCUT2D eigenvalue weighted by atomic mass is 10.0. The van der Waals surface area contributed by atoms with E-state index >= 15 is 0 Å². The lowest BCUT2D eigenvalue weighted by Crippen LogP contribution is -2.46. The van der Waals surface area contributed by atoms with E-state index in [1.165, 1.54) is 7.11 Å². The number of carbonyl (C=O) groups is 2. The Morgan fingerprint density at radius 3 is 2.44 bits per heavy atom. The van der Waals surface area contributed by atoms with Crippen LogP contribution in [-0.2, 0) is 19.1 Å². The predicted octanol–water partition coefficient (Wildman–Crippen LogP) is -0.724. The number of nitrogens with two attached hydrogens (primary N) is 1. The molecule has 94 valence electrons. The van der Waals surface area contributed by atoms with Gasteiger partial charge >= 0.3 is 5.97 Å². The molecular formula is C10H20N2O4. The van der Waals surface area contributed by atoms with Gasteiger partial charge in [-0.2, -0.15) is 0 Å². The summed E-state index contributed by atoms with van der Waals surface area (Å²) in [6.45, 7) is 4.22. The highest BCUT2D eigenvalue weighted by molar-refractivity contribution is 5.85. The fourth-order valence-corrected chi connectivity index (χ4v) is 1.09. The van der Waals surface area contributed by atoms with Crippen molar-refractivity contribution in [2.75, 3.05) is 26.9 Å². The molecule has 0 saturated heterocycles. The number of amides is 1. The summed E-state index contributed by atoms with van der Waals surface area (Å²) in [7, 11) is 1.29. The van der Waals surface area contributed by atoms with Crippen molar-refractivity contribution in [3.05, 3.63) is 0 Å². The molecule has 0 aromatic heterocycles. The molecule has 0 aromatic rings. The minimum atomic E-state index is -0.640. The second-order valence-corrected chi connectivity index (χ2v) is 3.65. The van der Waals surface area contributed by atoms with Gasteiger partial charge in [-0.05, 0) is 5.92 Å². The van der Waals surface area contributed by atoms with Crippen LogP contribution >= 0.6 is 0 Å². The maximum atomic E-state index is 11.4. The Bertz CT molecular complexity index is 231. The molecular weight excluding hydrogens is 212 g/mol. The summed E-state index contributed by atoms with van der Waals surface area (Å²) >= 11 is 0. The summed E-state index contributed by atoms with van der Waals surface area (Å²) in [5.74, 6) is -0.842. The van der Waals surface area contributed by atoms with Crippen LogP contribution in [-0.4, -0.2) is 44.8 Å². The summed E-state index contributed by atoms with van der Waals surface area (Å²) in [6.07, 6.45) is 0. The van der Waals surface area contributed by atoms with E-state index in [1.54, 1.807) is 0 Å². The Morgan fingerprint density at radius 2 is 2.00 bits per heavy atom. The molecule has 0 saturated carbocycles. The third-order valence-corrected chi connectivity index (χ3v) is 1.93. The molecule has 0 aliphatic carbocycles. The van der Waals surface area contributed by atoms with E-state index in [0.717, 1.165) is 0 Å². The van der Waals surface area contributed by atoms with E-state index in [0.29, 0.717) is 13.2 Å². The van der Waals surface area contributed by atoms with Crippen molar-refractivity contribution in [2.45, 2.75) is 19.9 Å². The number of nitrogens with one attached hydrogen (secondary N) is 1. The zero-order valence-corrected chi connectivity index (χ0v) is 9.99. The highest BCUT2D eigenvalue weighted by atomic mass is 16.5. The molecule has 1 amide bonds. The molecule has 1 unspecified atom stereocenters. The van der Waals surface area contributed by atoms with Crippen LogP contribution < -0.4 is 11.1 Å². The van der Waals surface area contributed by atoms with Gasteiger partial charge in [-0.15, -0.1) is 0 Å². The Labute approximate surface area is 95.5 Å². The van der Waals surface area contributed by atoms with Gasteiger partial charge in [-0.25, -0.2) is 4.79 Å². The molecule has 0 spiro atoms. The Balaban J connectivity index is 4.09. The molecule has 0 aliphatic rings. The van der Waals surface area contributed by atoms with Crippen LogP contribution in [0.5, 0.6) is 0 Å². The Hall–Kier alpha value is -1.14. The van der Waals surface area contributed by atoms with Gasteiger partial charge in [-0.1, -0.05) is 13.8 Å². The molecule has 0 fully saturated rings. The summed E-state index contributed by atoms with van der Waals surface area (Å²) in [5.41, 5.74) is 5.20. The molecule has 0 bridgehead atoms. The molecule has 0 radical (unpaired) electrons. The van der Waals surface area contributed by atoms with Crippen molar-refractivity contribution >= 4 is 11.9 Å². The van der Waals surface area contributed by atoms with Crippen LogP contribution in [0.1, 0.15) is 13.8 Å². The van der Waals surface area contributed by atoms with E-state index in [9.17, 15) is 9.59 Å². The zero-order chi connectivity index (χ0) is 12.6. The standard InChI is InChI=1S/C10H20N2O4/c1-7(2)9(10(14)15-3)12-8(13)6-16-5-4-11/h7,9H,4-6,11H2,1-3H3,(H,12,13). The molecule has 3 N–H and O–H groups in total. The molecule has 0 rings (SSSR count). The van der Waals surface area contributed by atoms with E-state index in [4.69, 9.17) is 10.5 Å². The SMILES string of the molecule is COC(=O)C(NC(=O)COCCN)C(C)C. The summed E-state index contributed by atoms with van der Waals surface area (Å²) in [5, 5.41) is 2.55. The monoisotopic (exact) mass is 232 g/mol. The maximum Gasteiger partial charge on any atom is 0.328 e.